The average molecular weight is 344 g/mol. The second-order valence-corrected chi connectivity index (χ2v) is 7.05. The van der Waals surface area contributed by atoms with E-state index < -0.39 is 0 Å². The number of carbonyl (C=O) groups excluding carboxylic acids is 2. The first-order valence-electron chi connectivity index (χ1n) is 8.60. The van der Waals surface area contributed by atoms with Gasteiger partial charge in [0.05, 0.1) is 18.3 Å². The monoisotopic (exact) mass is 344 g/mol. The van der Waals surface area contributed by atoms with E-state index in [2.05, 4.69) is 27.7 Å². The second kappa shape index (κ2) is 8.30. The van der Waals surface area contributed by atoms with Crippen molar-refractivity contribution in [3.8, 4) is 0 Å². The Bertz CT molecular complexity index is 413. The molecule has 0 aromatic heterocycles. The predicted octanol–water partition coefficient (Wildman–Crippen LogP) is 2.73. The van der Waals surface area contributed by atoms with Crippen molar-refractivity contribution < 1.29 is 28.5 Å². The molecule has 0 amide bonds. The molecule has 6 nitrogen and oxygen atoms in total. The zero-order valence-electron chi connectivity index (χ0n) is 16.0. The largest absolute Gasteiger partial charge is 0.463 e. The van der Waals surface area contributed by atoms with Crippen LogP contribution < -0.4 is 0 Å². The molecule has 1 aliphatic rings. The van der Waals surface area contributed by atoms with Crippen LogP contribution in [0, 0.1) is 10.8 Å². The topological polar surface area (TPSA) is 71.1 Å². The van der Waals surface area contributed by atoms with Crippen molar-refractivity contribution in [3.05, 3.63) is 0 Å². The van der Waals surface area contributed by atoms with Crippen molar-refractivity contribution in [1.29, 1.82) is 0 Å². The van der Waals surface area contributed by atoms with Gasteiger partial charge in [-0.3, -0.25) is 9.59 Å². The summed E-state index contributed by atoms with van der Waals surface area (Å²) >= 11 is 0. The lowest BCUT2D eigenvalue weighted by atomic mass is 9.60. The van der Waals surface area contributed by atoms with Crippen LogP contribution in [0.3, 0.4) is 0 Å². The van der Waals surface area contributed by atoms with Crippen LogP contribution in [0.5, 0.6) is 0 Å². The highest BCUT2D eigenvalue weighted by molar-refractivity contribution is 5.66. The quantitative estimate of drug-likeness (QED) is 0.661. The van der Waals surface area contributed by atoms with E-state index >= 15 is 0 Å². The number of methoxy groups -OCH3 is 1. The Kier molecular flexibility index (Phi) is 7.23. The Morgan fingerprint density at radius 3 is 1.54 bits per heavy atom. The van der Waals surface area contributed by atoms with E-state index in [0.717, 1.165) is 12.8 Å². The number of hydrogen-bond acceptors (Lipinski definition) is 6. The normalized spacial score (nSPS) is 36.2. The molecule has 0 saturated carbocycles. The molecule has 0 radical (unpaired) electrons. The summed E-state index contributed by atoms with van der Waals surface area (Å²) in [6.45, 7) is 11.5. The van der Waals surface area contributed by atoms with Gasteiger partial charge in [0.1, 0.15) is 13.2 Å². The number of rotatable bonds is 7. The molecular formula is C18H32O6. The second-order valence-electron chi connectivity index (χ2n) is 7.05. The molecule has 0 spiro atoms. The zero-order valence-corrected chi connectivity index (χ0v) is 16.0. The number of hydrogen-bond donors (Lipinski definition) is 0. The molecule has 0 aliphatic carbocycles. The summed E-state index contributed by atoms with van der Waals surface area (Å²) in [5.74, 6) is -0.683. The van der Waals surface area contributed by atoms with Gasteiger partial charge in [0.25, 0.3) is 0 Å². The molecule has 1 heterocycles. The predicted molar refractivity (Wildman–Crippen MR) is 89.5 cm³/mol. The van der Waals surface area contributed by atoms with Crippen molar-refractivity contribution in [2.75, 3.05) is 20.3 Å². The zero-order chi connectivity index (χ0) is 18.5. The van der Waals surface area contributed by atoms with Gasteiger partial charge in [0.15, 0.2) is 0 Å². The lowest BCUT2D eigenvalue weighted by Crippen LogP contribution is -2.65. The molecule has 5 atom stereocenters. The molecule has 1 aliphatic heterocycles. The van der Waals surface area contributed by atoms with E-state index in [1.807, 2.05) is 0 Å². The van der Waals surface area contributed by atoms with Crippen LogP contribution in [0.25, 0.3) is 0 Å². The Morgan fingerprint density at radius 1 is 0.917 bits per heavy atom. The highest BCUT2D eigenvalue weighted by atomic mass is 16.6. The van der Waals surface area contributed by atoms with Crippen molar-refractivity contribution in [1.82, 2.24) is 0 Å². The highest BCUT2D eigenvalue weighted by Crippen LogP contribution is 2.51. The Balaban J connectivity index is 3.17. The van der Waals surface area contributed by atoms with Crippen LogP contribution in [0.1, 0.15) is 54.4 Å². The minimum Gasteiger partial charge on any atom is -0.463 e. The van der Waals surface area contributed by atoms with Gasteiger partial charge in [-0.1, -0.05) is 27.7 Å². The molecular weight excluding hydrogens is 312 g/mol. The van der Waals surface area contributed by atoms with Crippen molar-refractivity contribution >= 4 is 11.9 Å². The molecule has 0 aromatic carbocycles. The van der Waals surface area contributed by atoms with Gasteiger partial charge < -0.3 is 18.9 Å². The molecule has 1 fully saturated rings. The first-order chi connectivity index (χ1) is 11.2. The summed E-state index contributed by atoms with van der Waals surface area (Å²) in [4.78, 5) is 22.5. The number of ether oxygens (including phenoxy) is 4. The molecule has 0 N–H and O–H groups in total. The van der Waals surface area contributed by atoms with Crippen LogP contribution in [0.2, 0.25) is 0 Å². The minimum absolute atomic E-state index is 0.116. The van der Waals surface area contributed by atoms with Crippen LogP contribution >= 0.6 is 0 Å². The molecule has 1 rings (SSSR count). The summed E-state index contributed by atoms with van der Waals surface area (Å²) in [6, 6.07) is 0. The Labute approximate surface area is 145 Å². The van der Waals surface area contributed by atoms with E-state index in [1.165, 1.54) is 13.8 Å². The fraction of sp³-hybridized carbons (Fsp3) is 0.889. The van der Waals surface area contributed by atoms with Crippen molar-refractivity contribution in [2.24, 2.45) is 10.8 Å². The van der Waals surface area contributed by atoms with Crippen molar-refractivity contribution in [3.63, 3.8) is 0 Å². The van der Waals surface area contributed by atoms with Gasteiger partial charge >= 0.3 is 11.9 Å². The third-order valence-electron chi connectivity index (χ3n) is 5.63. The molecule has 6 heteroatoms. The van der Waals surface area contributed by atoms with Crippen LogP contribution in [-0.2, 0) is 28.5 Å². The molecule has 24 heavy (non-hydrogen) atoms. The first-order valence-corrected chi connectivity index (χ1v) is 8.60. The molecule has 1 unspecified atom stereocenters. The van der Waals surface area contributed by atoms with Gasteiger partial charge in [0, 0.05) is 31.8 Å². The van der Waals surface area contributed by atoms with Gasteiger partial charge in [0.2, 0.25) is 0 Å². The SMILES string of the molecule is CC[C@@]1(C)C(OC)[C@@](C)(CC)[C@H](COC(C)=O)O[C@@H]1COC(C)=O. The standard InChI is InChI=1S/C18H32O6/c1-8-17(5)14(10-22-12(3)19)24-15(11-23-13(4)20)18(6,9-2)16(17)21-7/h14-16H,8-11H2,1-7H3/t14-,15+,16?,17-,18+. The third kappa shape index (κ3) is 4.09. The summed E-state index contributed by atoms with van der Waals surface area (Å²) in [5.41, 5.74) is -0.636. The van der Waals surface area contributed by atoms with Gasteiger partial charge in [-0.2, -0.15) is 0 Å². The molecule has 1 saturated heterocycles. The van der Waals surface area contributed by atoms with Gasteiger partial charge in [-0.15, -0.1) is 0 Å². The van der Waals surface area contributed by atoms with Crippen molar-refractivity contribution in [2.45, 2.75) is 72.7 Å². The van der Waals surface area contributed by atoms with E-state index in [0.29, 0.717) is 0 Å². The summed E-state index contributed by atoms with van der Waals surface area (Å²) in [7, 11) is 1.70. The first kappa shape index (κ1) is 20.9. The van der Waals surface area contributed by atoms with E-state index in [1.54, 1.807) is 7.11 Å². The average Bonchev–Trinajstić information content (AvgIpc) is 2.52. The highest BCUT2D eigenvalue weighted by Gasteiger charge is 2.58. The maximum atomic E-state index is 11.2. The Hall–Kier alpha value is -1.14. The number of esters is 2. The fourth-order valence-electron chi connectivity index (χ4n) is 3.81. The summed E-state index contributed by atoms with van der Waals surface area (Å²) in [5, 5.41) is 0. The van der Waals surface area contributed by atoms with Gasteiger partial charge in [-0.25, -0.2) is 0 Å². The van der Waals surface area contributed by atoms with Crippen LogP contribution in [0.4, 0.5) is 0 Å². The lowest BCUT2D eigenvalue weighted by Gasteiger charge is -2.57. The van der Waals surface area contributed by atoms with E-state index in [-0.39, 0.29) is 54.3 Å². The smallest absolute Gasteiger partial charge is 0.302 e. The summed E-state index contributed by atoms with van der Waals surface area (Å²) in [6.07, 6.45) is 0.864. The third-order valence-corrected chi connectivity index (χ3v) is 5.63. The molecule has 140 valence electrons. The Morgan fingerprint density at radius 2 is 1.29 bits per heavy atom. The number of carbonyl (C=O) groups is 2. The fourth-order valence-corrected chi connectivity index (χ4v) is 3.81. The van der Waals surface area contributed by atoms with Gasteiger partial charge in [-0.05, 0) is 12.8 Å². The lowest BCUT2D eigenvalue weighted by molar-refractivity contribution is -0.274. The maximum absolute atomic E-state index is 11.2. The van der Waals surface area contributed by atoms with E-state index in [9.17, 15) is 9.59 Å². The molecule has 0 aromatic rings. The van der Waals surface area contributed by atoms with Crippen LogP contribution in [-0.4, -0.2) is 50.6 Å². The maximum Gasteiger partial charge on any atom is 0.302 e. The summed E-state index contributed by atoms with van der Waals surface area (Å²) < 4.78 is 22.7. The van der Waals surface area contributed by atoms with E-state index in [4.69, 9.17) is 18.9 Å². The molecule has 0 bridgehead atoms. The minimum atomic E-state index is -0.341. The van der Waals surface area contributed by atoms with Crippen LogP contribution in [0.15, 0.2) is 0 Å².